The number of amides is 1. The largest absolute Gasteiger partial charge is 0.493 e. The lowest BCUT2D eigenvalue weighted by atomic mass is 10.00. The Morgan fingerprint density at radius 3 is 2.57 bits per heavy atom. The third-order valence-electron chi connectivity index (χ3n) is 7.98. The van der Waals surface area contributed by atoms with Gasteiger partial charge in [0.1, 0.15) is 0 Å². The molecular formula is C34H36Cl2N8O3. The Hall–Kier alpha value is -4.29. The zero-order chi connectivity index (χ0) is 33.1. The number of nitrogens with one attached hydrogen (secondary N) is 3. The first-order valence-corrected chi connectivity index (χ1v) is 16.2. The molecule has 1 aliphatic rings. The molecular weight excluding hydrogens is 639 g/mol. The summed E-state index contributed by atoms with van der Waals surface area (Å²) in [5, 5.41) is 15.3. The van der Waals surface area contributed by atoms with Crippen molar-refractivity contribution in [1.82, 2.24) is 40.5 Å². The Bertz CT molecular complexity index is 1930. The fraction of sp³-hybridized carbons (Fsp3) is 0.324. The number of nitrogens with zero attached hydrogens (tertiary/aromatic N) is 5. The van der Waals surface area contributed by atoms with Crippen molar-refractivity contribution in [2.45, 2.75) is 51.9 Å². The maximum Gasteiger partial charge on any atom is 0.220 e. The number of hydrogen-bond acceptors (Lipinski definition) is 9. The molecule has 4 aromatic heterocycles. The van der Waals surface area contributed by atoms with Crippen molar-refractivity contribution in [1.29, 1.82) is 0 Å². The van der Waals surface area contributed by atoms with Crippen molar-refractivity contribution in [3.63, 3.8) is 0 Å². The minimum Gasteiger partial charge on any atom is -0.493 e. The van der Waals surface area contributed by atoms with Gasteiger partial charge in [-0.25, -0.2) is 14.5 Å². The number of ether oxygens (including phenoxy) is 2. The SMILES string of the molecule is COc1nc(-c2cccc(-c3ccnc(-c4cc(OC)c5nc(CNC[C@H]6CCC(=O)N6)nn5c4)c3Cl)c2Cl)ccc1CNC(C)C. The minimum absolute atomic E-state index is 0.0871. The number of halogens is 2. The van der Waals surface area contributed by atoms with Crippen LogP contribution in [0.25, 0.3) is 39.3 Å². The third kappa shape index (κ3) is 7.03. The maximum atomic E-state index is 11.5. The summed E-state index contributed by atoms with van der Waals surface area (Å²) in [7, 11) is 3.20. The van der Waals surface area contributed by atoms with E-state index in [9.17, 15) is 4.79 Å². The van der Waals surface area contributed by atoms with Gasteiger partial charge in [0.25, 0.3) is 0 Å². The number of hydrogen-bond donors (Lipinski definition) is 3. The van der Waals surface area contributed by atoms with Gasteiger partial charge in [0.2, 0.25) is 11.8 Å². The number of rotatable bonds is 12. The Labute approximate surface area is 283 Å². The number of aromatic nitrogens is 5. The van der Waals surface area contributed by atoms with Crippen LogP contribution in [-0.4, -0.2) is 63.3 Å². The molecule has 6 rings (SSSR count). The first kappa shape index (κ1) is 32.6. The summed E-state index contributed by atoms with van der Waals surface area (Å²) in [6.45, 7) is 5.91. The monoisotopic (exact) mass is 674 g/mol. The average Bonchev–Trinajstić information content (AvgIpc) is 3.68. The lowest BCUT2D eigenvalue weighted by Crippen LogP contribution is -2.35. The summed E-state index contributed by atoms with van der Waals surface area (Å²) < 4.78 is 13.0. The predicted octanol–water partition coefficient (Wildman–Crippen LogP) is 5.71. The van der Waals surface area contributed by atoms with E-state index in [-0.39, 0.29) is 11.9 Å². The van der Waals surface area contributed by atoms with Crippen LogP contribution in [0, 0.1) is 0 Å². The van der Waals surface area contributed by atoms with Gasteiger partial charge in [-0.2, -0.15) is 0 Å². The number of methoxy groups -OCH3 is 2. The highest BCUT2D eigenvalue weighted by atomic mass is 35.5. The molecule has 13 heteroatoms. The van der Waals surface area contributed by atoms with Crippen LogP contribution in [0.1, 0.15) is 38.1 Å². The molecule has 0 spiro atoms. The molecule has 11 nitrogen and oxygen atoms in total. The van der Waals surface area contributed by atoms with Gasteiger partial charge in [-0.3, -0.25) is 9.78 Å². The van der Waals surface area contributed by atoms with Crippen LogP contribution in [0.15, 0.2) is 54.9 Å². The molecule has 3 N–H and O–H groups in total. The summed E-state index contributed by atoms with van der Waals surface area (Å²) >= 11 is 14.1. The molecule has 0 radical (unpaired) electrons. The Kier molecular flexibility index (Phi) is 9.88. The van der Waals surface area contributed by atoms with E-state index in [1.165, 1.54) is 0 Å². The van der Waals surface area contributed by atoms with E-state index < -0.39 is 0 Å². The van der Waals surface area contributed by atoms with E-state index in [2.05, 4.69) is 44.9 Å². The summed E-state index contributed by atoms with van der Waals surface area (Å²) in [6, 6.07) is 13.9. The molecule has 244 valence electrons. The van der Waals surface area contributed by atoms with Gasteiger partial charge in [-0.05, 0) is 24.6 Å². The van der Waals surface area contributed by atoms with E-state index in [0.717, 1.165) is 28.7 Å². The van der Waals surface area contributed by atoms with Gasteiger partial charge in [-0.1, -0.05) is 61.3 Å². The number of pyridine rings is 3. The molecule has 0 bridgehead atoms. The normalized spacial score (nSPS) is 14.6. The van der Waals surface area contributed by atoms with E-state index in [0.29, 0.717) is 82.2 Å². The number of fused-ring (bicyclic) bond motifs is 1. The van der Waals surface area contributed by atoms with E-state index in [1.54, 1.807) is 24.9 Å². The molecule has 5 aromatic rings. The third-order valence-corrected chi connectivity index (χ3v) is 8.77. The highest BCUT2D eigenvalue weighted by molar-refractivity contribution is 6.39. The van der Waals surface area contributed by atoms with Gasteiger partial charge in [0, 0.05) is 71.8 Å². The van der Waals surface area contributed by atoms with Gasteiger partial charge < -0.3 is 25.4 Å². The van der Waals surface area contributed by atoms with Gasteiger partial charge >= 0.3 is 0 Å². The molecule has 0 aliphatic carbocycles. The Morgan fingerprint density at radius 2 is 1.83 bits per heavy atom. The average molecular weight is 676 g/mol. The number of carbonyl (C=O) groups excluding carboxylic acids is 1. The van der Waals surface area contributed by atoms with Gasteiger partial charge in [-0.15, -0.1) is 5.10 Å². The summed E-state index contributed by atoms with van der Waals surface area (Å²) in [5.41, 5.74) is 5.66. The topological polar surface area (TPSA) is 128 Å². The Balaban J connectivity index is 1.30. The highest BCUT2D eigenvalue weighted by Gasteiger charge is 2.22. The van der Waals surface area contributed by atoms with Crippen LogP contribution >= 0.6 is 23.2 Å². The number of benzene rings is 1. The van der Waals surface area contributed by atoms with Gasteiger partial charge in [0.05, 0.1) is 42.2 Å². The second kappa shape index (κ2) is 14.2. The van der Waals surface area contributed by atoms with Crippen LogP contribution < -0.4 is 25.4 Å². The summed E-state index contributed by atoms with van der Waals surface area (Å²) in [5.74, 6) is 1.75. The van der Waals surface area contributed by atoms with E-state index in [1.807, 2.05) is 48.7 Å². The van der Waals surface area contributed by atoms with Crippen LogP contribution in [0.5, 0.6) is 11.6 Å². The molecule has 5 heterocycles. The number of carbonyl (C=O) groups is 1. The van der Waals surface area contributed by atoms with Crippen molar-refractivity contribution >= 4 is 34.8 Å². The molecule has 0 saturated carbocycles. The molecule has 47 heavy (non-hydrogen) atoms. The first-order valence-electron chi connectivity index (χ1n) is 15.4. The van der Waals surface area contributed by atoms with Crippen molar-refractivity contribution in [2.75, 3.05) is 20.8 Å². The lowest BCUT2D eigenvalue weighted by molar-refractivity contribution is -0.119. The quantitative estimate of drug-likeness (QED) is 0.152. The van der Waals surface area contributed by atoms with Crippen molar-refractivity contribution < 1.29 is 14.3 Å². The zero-order valence-electron chi connectivity index (χ0n) is 26.6. The minimum atomic E-state index is 0.0871. The van der Waals surface area contributed by atoms with Crippen LogP contribution in [-0.2, 0) is 17.9 Å². The fourth-order valence-electron chi connectivity index (χ4n) is 5.58. The summed E-state index contributed by atoms with van der Waals surface area (Å²) in [4.78, 5) is 25.5. The zero-order valence-corrected chi connectivity index (χ0v) is 28.1. The lowest BCUT2D eigenvalue weighted by Gasteiger charge is -2.15. The van der Waals surface area contributed by atoms with Crippen LogP contribution in [0.3, 0.4) is 0 Å². The van der Waals surface area contributed by atoms with Crippen LogP contribution in [0.2, 0.25) is 10.0 Å². The summed E-state index contributed by atoms with van der Waals surface area (Å²) in [6.07, 6.45) is 4.91. The second-order valence-corrected chi connectivity index (χ2v) is 12.4. The van der Waals surface area contributed by atoms with Crippen molar-refractivity contribution in [3.8, 4) is 45.3 Å². The second-order valence-electron chi connectivity index (χ2n) is 11.6. The highest BCUT2D eigenvalue weighted by Crippen LogP contribution is 2.42. The van der Waals surface area contributed by atoms with Crippen molar-refractivity contribution in [2.24, 2.45) is 0 Å². The molecule has 0 unspecified atom stereocenters. The smallest absolute Gasteiger partial charge is 0.220 e. The standard InChI is InChI=1S/C34H36Cl2N8O3/c1-19(2)39-15-20-8-10-26(41-34(20)47-4)25-7-5-6-23(30(25)35)24-12-13-38-32(31(24)36)21-14-27(46-3)33-42-28(43-44(33)18-21)17-37-16-22-9-11-29(45)40-22/h5-8,10,12-14,18-19,22,37,39H,9,11,15-17H2,1-4H3,(H,40,45)/t22-/m1/s1. The van der Waals surface area contributed by atoms with E-state index in [4.69, 9.17) is 37.7 Å². The van der Waals surface area contributed by atoms with Crippen LogP contribution in [0.4, 0.5) is 0 Å². The molecule has 1 atom stereocenters. The molecule has 1 fully saturated rings. The Morgan fingerprint density at radius 1 is 1.02 bits per heavy atom. The molecule has 1 aliphatic heterocycles. The molecule has 1 amide bonds. The van der Waals surface area contributed by atoms with Crippen molar-refractivity contribution in [3.05, 3.63) is 76.3 Å². The maximum absolute atomic E-state index is 11.5. The van der Waals surface area contributed by atoms with E-state index >= 15 is 0 Å². The first-order chi connectivity index (χ1) is 22.7. The van der Waals surface area contributed by atoms with Gasteiger partial charge in [0.15, 0.2) is 17.2 Å². The molecule has 1 saturated heterocycles. The molecule has 1 aromatic carbocycles. The fourth-order valence-corrected chi connectivity index (χ4v) is 6.23. The predicted molar refractivity (Wildman–Crippen MR) is 183 cm³/mol.